The van der Waals surface area contributed by atoms with E-state index in [0.29, 0.717) is 12.1 Å². The second kappa shape index (κ2) is 6.25. The number of nitro groups is 1. The molecule has 0 aromatic heterocycles. The van der Waals surface area contributed by atoms with Gasteiger partial charge in [0.1, 0.15) is 0 Å². The quantitative estimate of drug-likeness (QED) is 0.669. The maximum atomic E-state index is 13.5. The zero-order chi connectivity index (χ0) is 14.5. The zero-order valence-corrected chi connectivity index (χ0v) is 11.0. The van der Waals surface area contributed by atoms with Crippen LogP contribution >= 0.6 is 0 Å². The van der Waals surface area contributed by atoms with Gasteiger partial charge < -0.3 is 5.32 Å². The summed E-state index contributed by atoms with van der Waals surface area (Å²) in [6, 6.07) is 13.9. The molecule has 0 bridgehead atoms. The van der Waals surface area contributed by atoms with E-state index in [1.54, 1.807) is 6.07 Å². The van der Waals surface area contributed by atoms with Crippen molar-refractivity contribution >= 4 is 5.69 Å². The first-order chi connectivity index (χ1) is 9.58. The molecule has 2 aromatic rings. The van der Waals surface area contributed by atoms with Crippen LogP contribution < -0.4 is 5.32 Å². The third-order valence-corrected chi connectivity index (χ3v) is 3.12. The van der Waals surface area contributed by atoms with Crippen molar-refractivity contribution in [2.24, 2.45) is 0 Å². The van der Waals surface area contributed by atoms with E-state index < -0.39 is 16.4 Å². The van der Waals surface area contributed by atoms with E-state index in [1.165, 1.54) is 12.1 Å². The number of nitrogens with zero attached hydrogens (tertiary/aromatic N) is 1. The van der Waals surface area contributed by atoms with Gasteiger partial charge in [0.25, 0.3) is 0 Å². The van der Waals surface area contributed by atoms with E-state index >= 15 is 0 Å². The van der Waals surface area contributed by atoms with Gasteiger partial charge in [-0.3, -0.25) is 10.1 Å². The van der Waals surface area contributed by atoms with E-state index in [4.69, 9.17) is 0 Å². The average Bonchev–Trinajstić information content (AvgIpc) is 2.45. The second-order valence-corrected chi connectivity index (χ2v) is 4.56. The topological polar surface area (TPSA) is 55.2 Å². The average molecular weight is 274 g/mol. The zero-order valence-electron chi connectivity index (χ0n) is 11.0. The maximum absolute atomic E-state index is 13.5. The van der Waals surface area contributed by atoms with Gasteiger partial charge in [0.2, 0.25) is 5.82 Å². The molecule has 0 radical (unpaired) electrons. The van der Waals surface area contributed by atoms with Crippen LogP contribution in [0.3, 0.4) is 0 Å². The fourth-order valence-corrected chi connectivity index (χ4v) is 1.94. The molecule has 0 heterocycles. The lowest BCUT2D eigenvalue weighted by atomic mass is 10.1. The minimum absolute atomic E-state index is 0.120. The summed E-state index contributed by atoms with van der Waals surface area (Å²) >= 11 is 0. The molecule has 1 N–H and O–H groups in total. The Morgan fingerprint density at radius 3 is 2.55 bits per heavy atom. The van der Waals surface area contributed by atoms with Crippen molar-refractivity contribution < 1.29 is 9.31 Å². The van der Waals surface area contributed by atoms with Crippen LogP contribution in [0, 0.1) is 15.9 Å². The number of nitro benzene ring substituents is 1. The summed E-state index contributed by atoms with van der Waals surface area (Å²) < 4.78 is 13.5. The first-order valence-electron chi connectivity index (χ1n) is 6.29. The minimum Gasteiger partial charge on any atom is -0.306 e. The molecule has 4 nitrogen and oxygen atoms in total. The number of hydrogen-bond donors (Lipinski definition) is 1. The molecule has 1 atom stereocenters. The first-order valence-corrected chi connectivity index (χ1v) is 6.29. The van der Waals surface area contributed by atoms with Crippen LogP contribution in [0.5, 0.6) is 0 Å². The molecule has 20 heavy (non-hydrogen) atoms. The van der Waals surface area contributed by atoms with Crippen LogP contribution in [-0.4, -0.2) is 4.92 Å². The second-order valence-electron chi connectivity index (χ2n) is 4.56. The molecule has 0 aliphatic heterocycles. The number of halogens is 1. The highest BCUT2D eigenvalue weighted by molar-refractivity contribution is 5.35. The lowest BCUT2D eigenvalue weighted by Crippen LogP contribution is -2.18. The lowest BCUT2D eigenvalue weighted by Gasteiger charge is -2.14. The molecule has 0 aliphatic rings. The van der Waals surface area contributed by atoms with Crippen molar-refractivity contribution in [1.29, 1.82) is 0 Å². The van der Waals surface area contributed by atoms with Gasteiger partial charge in [-0.25, -0.2) is 0 Å². The number of rotatable bonds is 5. The van der Waals surface area contributed by atoms with E-state index in [9.17, 15) is 14.5 Å². The lowest BCUT2D eigenvalue weighted by molar-refractivity contribution is -0.387. The third-order valence-electron chi connectivity index (χ3n) is 3.12. The molecule has 0 amide bonds. The van der Waals surface area contributed by atoms with Gasteiger partial charge >= 0.3 is 5.69 Å². The predicted octanol–water partition coefficient (Wildman–Crippen LogP) is 3.58. The Balaban J connectivity index is 2.01. The molecule has 0 fully saturated rings. The molecular formula is C15H15FN2O2. The predicted molar refractivity (Wildman–Crippen MR) is 74.8 cm³/mol. The highest BCUT2D eigenvalue weighted by atomic mass is 19.1. The molecular weight excluding hydrogens is 259 g/mol. The van der Waals surface area contributed by atoms with Crippen LogP contribution in [0.1, 0.15) is 24.1 Å². The minimum atomic E-state index is -0.804. The normalized spacial score (nSPS) is 12.1. The van der Waals surface area contributed by atoms with Gasteiger partial charge in [0, 0.05) is 18.7 Å². The summed E-state index contributed by atoms with van der Waals surface area (Å²) in [5, 5.41) is 13.8. The molecule has 0 aliphatic carbocycles. The van der Waals surface area contributed by atoms with Crippen molar-refractivity contribution in [1.82, 2.24) is 5.32 Å². The van der Waals surface area contributed by atoms with Gasteiger partial charge in [-0.15, -0.1) is 0 Å². The van der Waals surface area contributed by atoms with Crippen LogP contribution in [0.2, 0.25) is 0 Å². The molecule has 0 spiro atoms. The molecule has 2 aromatic carbocycles. The molecule has 0 saturated heterocycles. The fourth-order valence-electron chi connectivity index (χ4n) is 1.94. The SMILES string of the molecule is C[C@@H](NCc1ccc([N+](=O)[O-])c(F)c1)c1ccccc1. The molecule has 2 rings (SSSR count). The largest absolute Gasteiger partial charge is 0.306 e. The van der Waals surface area contributed by atoms with E-state index in [-0.39, 0.29) is 6.04 Å². The Morgan fingerprint density at radius 2 is 1.95 bits per heavy atom. The van der Waals surface area contributed by atoms with Crippen molar-refractivity contribution in [3.63, 3.8) is 0 Å². The van der Waals surface area contributed by atoms with Crippen molar-refractivity contribution in [2.75, 3.05) is 0 Å². The Bertz CT molecular complexity index is 602. The third kappa shape index (κ3) is 3.39. The van der Waals surface area contributed by atoms with Gasteiger partial charge in [0.05, 0.1) is 4.92 Å². The molecule has 104 valence electrons. The van der Waals surface area contributed by atoms with E-state index in [1.807, 2.05) is 37.3 Å². The Kier molecular flexibility index (Phi) is 4.42. The monoisotopic (exact) mass is 274 g/mol. The summed E-state index contributed by atoms with van der Waals surface area (Å²) in [6.07, 6.45) is 0. The van der Waals surface area contributed by atoms with Crippen molar-refractivity contribution in [2.45, 2.75) is 19.5 Å². The highest BCUT2D eigenvalue weighted by Gasteiger charge is 2.14. The smallest absolute Gasteiger partial charge is 0.304 e. The maximum Gasteiger partial charge on any atom is 0.304 e. The standard InChI is InChI=1S/C15H15FN2O2/c1-11(13-5-3-2-4-6-13)17-10-12-7-8-15(18(19)20)14(16)9-12/h2-9,11,17H,10H2,1H3/t11-/m1/s1. The van der Waals surface area contributed by atoms with Crippen LogP contribution in [-0.2, 0) is 6.54 Å². The summed E-state index contributed by atoms with van der Waals surface area (Å²) in [4.78, 5) is 9.81. The molecule has 5 heteroatoms. The summed E-state index contributed by atoms with van der Waals surface area (Å²) in [6.45, 7) is 2.46. The van der Waals surface area contributed by atoms with E-state index in [2.05, 4.69) is 5.32 Å². The van der Waals surface area contributed by atoms with Gasteiger partial charge in [-0.1, -0.05) is 36.4 Å². The van der Waals surface area contributed by atoms with Crippen LogP contribution in [0.25, 0.3) is 0 Å². The van der Waals surface area contributed by atoms with Crippen LogP contribution in [0.15, 0.2) is 48.5 Å². The number of hydrogen-bond acceptors (Lipinski definition) is 3. The Labute approximate surface area is 116 Å². The molecule has 0 unspecified atom stereocenters. The number of benzene rings is 2. The van der Waals surface area contributed by atoms with Crippen molar-refractivity contribution in [3.8, 4) is 0 Å². The van der Waals surface area contributed by atoms with Crippen LogP contribution in [0.4, 0.5) is 10.1 Å². The summed E-state index contributed by atoms with van der Waals surface area (Å²) in [5.41, 5.74) is 1.32. The van der Waals surface area contributed by atoms with Gasteiger partial charge in [0.15, 0.2) is 0 Å². The number of nitrogens with one attached hydrogen (secondary N) is 1. The fraction of sp³-hybridized carbons (Fsp3) is 0.200. The highest BCUT2D eigenvalue weighted by Crippen LogP contribution is 2.19. The van der Waals surface area contributed by atoms with Crippen molar-refractivity contribution in [3.05, 3.63) is 75.6 Å². The Hall–Kier alpha value is -2.27. The summed E-state index contributed by atoms with van der Waals surface area (Å²) in [7, 11) is 0. The molecule has 0 saturated carbocycles. The van der Waals surface area contributed by atoms with Gasteiger partial charge in [-0.05, 0) is 24.1 Å². The van der Waals surface area contributed by atoms with E-state index in [0.717, 1.165) is 5.56 Å². The Morgan fingerprint density at radius 1 is 1.25 bits per heavy atom. The summed E-state index contributed by atoms with van der Waals surface area (Å²) in [5.74, 6) is -0.804. The first kappa shape index (κ1) is 14.1. The van der Waals surface area contributed by atoms with Gasteiger partial charge in [-0.2, -0.15) is 4.39 Å².